The Labute approximate surface area is 201 Å². The lowest BCUT2D eigenvalue weighted by molar-refractivity contribution is -0.143. The first kappa shape index (κ1) is 25.6. The minimum Gasteiger partial charge on any atom is -0.354 e. The molecule has 2 nitrogen and oxygen atoms in total. The van der Waals surface area contributed by atoms with Crippen LogP contribution in [-0.4, -0.2) is 28.5 Å². The van der Waals surface area contributed by atoms with Crippen molar-refractivity contribution in [1.29, 1.82) is 0 Å². The summed E-state index contributed by atoms with van der Waals surface area (Å²) in [7, 11) is 0. The van der Waals surface area contributed by atoms with Crippen LogP contribution in [0.1, 0.15) is 62.6 Å². The van der Waals surface area contributed by atoms with Gasteiger partial charge in [0.2, 0.25) is 0 Å². The maximum Gasteiger partial charge on any atom is 0.416 e. The van der Waals surface area contributed by atoms with E-state index in [0.717, 1.165) is 35.9 Å². The van der Waals surface area contributed by atoms with Crippen molar-refractivity contribution >= 4 is 10.9 Å². The Morgan fingerprint density at radius 2 is 1.49 bits per heavy atom. The number of fused-ring (bicyclic) bond motifs is 1. The van der Waals surface area contributed by atoms with E-state index in [0.29, 0.717) is 30.2 Å². The van der Waals surface area contributed by atoms with Gasteiger partial charge in [0.15, 0.2) is 0 Å². The molecule has 0 aliphatic heterocycles. The van der Waals surface area contributed by atoms with Crippen LogP contribution in [0.4, 0.5) is 26.3 Å². The summed E-state index contributed by atoms with van der Waals surface area (Å²) >= 11 is 0. The Hall–Kier alpha value is -2.48. The number of alkyl halides is 6. The molecule has 0 spiro atoms. The van der Waals surface area contributed by atoms with Crippen molar-refractivity contribution in [2.45, 2.75) is 76.8 Å². The highest BCUT2D eigenvalue weighted by Gasteiger charge is 2.37. The topological polar surface area (TPSA) is 19.0 Å². The fraction of sp³-hybridized carbons (Fsp3) is 0.481. The molecule has 0 radical (unpaired) electrons. The average molecular weight is 497 g/mol. The third kappa shape index (κ3) is 5.68. The first-order chi connectivity index (χ1) is 16.4. The first-order valence-corrected chi connectivity index (χ1v) is 12.1. The fourth-order valence-corrected chi connectivity index (χ4v) is 5.32. The number of nitrogens with zero attached hydrogens (tertiary/aromatic N) is 1. The molecular formula is C27H30F6N2. The lowest BCUT2D eigenvalue weighted by Crippen LogP contribution is -2.42. The Balaban J connectivity index is 1.78. The molecule has 0 amide bonds. The predicted octanol–water partition coefficient (Wildman–Crippen LogP) is 8.46. The van der Waals surface area contributed by atoms with E-state index in [1.165, 1.54) is 19.3 Å². The van der Waals surface area contributed by atoms with Crippen LogP contribution in [0, 0.1) is 0 Å². The van der Waals surface area contributed by atoms with Gasteiger partial charge in [0, 0.05) is 35.2 Å². The number of halogens is 6. The molecule has 1 saturated carbocycles. The summed E-state index contributed by atoms with van der Waals surface area (Å²) in [6.07, 6.45) is -3.46. The van der Waals surface area contributed by atoms with Gasteiger partial charge in [-0.3, -0.25) is 4.90 Å². The average Bonchev–Trinajstić information content (AvgIpc) is 3.17. The molecule has 35 heavy (non-hydrogen) atoms. The molecule has 1 fully saturated rings. The molecule has 0 atom stereocenters. The molecular weight excluding hydrogens is 466 g/mol. The van der Waals surface area contributed by atoms with Crippen molar-refractivity contribution in [2.75, 3.05) is 6.54 Å². The summed E-state index contributed by atoms with van der Waals surface area (Å²) in [5, 5.41) is 0.820. The van der Waals surface area contributed by atoms with Crippen LogP contribution in [0.15, 0.2) is 42.5 Å². The largest absolute Gasteiger partial charge is 0.416 e. The monoisotopic (exact) mass is 496 g/mol. The number of rotatable bonds is 6. The van der Waals surface area contributed by atoms with Gasteiger partial charge in [-0.1, -0.05) is 37.5 Å². The third-order valence-electron chi connectivity index (χ3n) is 7.02. The molecule has 4 rings (SSSR count). The molecule has 0 saturated heterocycles. The number of aromatic nitrogens is 1. The summed E-state index contributed by atoms with van der Waals surface area (Å²) in [4.78, 5) is 5.55. The SMILES string of the molecule is CC(C)N(CCc1c(-c2cc(C(F)(F)F)cc(C(F)(F)F)c2)[nH]c2ccccc12)C1CCCCC1. The Morgan fingerprint density at radius 1 is 0.886 bits per heavy atom. The highest BCUT2D eigenvalue weighted by Crippen LogP contribution is 2.40. The van der Waals surface area contributed by atoms with Gasteiger partial charge in [0.05, 0.1) is 11.1 Å². The third-order valence-corrected chi connectivity index (χ3v) is 7.02. The quantitative estimate of drug-likeness (QED) is 0.339. The van der Waals surface area contributed by atoms with Gasteiger partial charge in [0.25, 0.3) is 0 Å². The predicted molar refractivity (Wildman–Crippen MR) is 126 cm³/mol. The van der Waals surface area contributed by atoms with E-state index in [9.17, 15) is 26.3 Å². The standard InChI is InChI=1S/C27H30F6N2/c1-17(2)35(21-8-4-3-5-9-21)13-12-23-22-10-6-7-11-24(22)34-25(23)18-14-19(26(28,29)30)16-20(15-18)27(31,32)33/h6-7,10-11,14-17,21,34H,3-5,8-9,12-13H2,1-2H3. The molecule has 190 valence electrons. The van der Waals surface area contributed by atoms with Crippen LogP contribution in [0.25, 0.3) is 22.2 Å². The minimum atomic E-state index is -4.89. The number of aromatic amines is 1. The number of para-hydroxylation sites is 1. The number of H-pyrrole nitrogens is 1. The maximum atomic E-state index is 13.5. The number of nitrogens with one attached hydrogen (secondary N) is 1. The lowest BCUT2D eigenvalue weighted by atomic mass is 9.92. The molecule has 8 heteroatoms. The van der Waals surface area contributed by atoms with Crippen molar-refractivity contribution in [3.05, 3.63) is 59.2 Å². The molecule has 0 bridgehead atoms. The molecule has 2 aromatic carbocycles. The summed E-state index contributed by atoms with van der Waals surface area (Å²) in [6, 6.07) is 9.82. The molecule has 1 aliphatic rings. The first-order valence-electron chi connectivity index (χ1n) is 12.1. The number of hydrogen-bond donors (Lipinski definition) is 1. The summed E-state index contributed by atoms with van der Waals surface area (Å²) in [5.41, 5.74) is -0.968. The van der Waals surface area contributed by atoms with Gasteiger partial charge in [-0.25, -0.2) is 0 Å². The van der Waals surface area contributed by atoms with E-state index in [1.54, 1.807) is 12.1 Å². The highest BCUT2D eigenvalue weighted by atomic mass is 19.4. The Morgan fingerprint density at radius 3 is 2.06 bits per heavy atom. The molecule has 0 unspecified atom stereocenters. The highest BCUT2D eigenvalue weighted by molar-refractivity contribution is 5.91. The summed E-state index contributed by atoms with van der Waals surface area (Å²) in [6.45, 7) is 4.95. The fourth-order valence-electron chi connectivity index (χ4n) is 5.32. The Bertz CT molecular complexity index is 1120. The van der Waals surface area contributed by atoms with E-state index in [4.69, 9.17) is 0 Å². The minimum absolute atomic E-state index is 0.105. The van der Waals surface area contributed by atoms with E-state index in [2.05, 4.69) is 23.7 Å². The summed E-state index contributed by atoms with van der Waals surface area (Å²) in [5.74, 6) is 0. The zero-order valence-electron chi connectivity index (χ0n) is 19.9. The van der Waals surface area contributed by atoms with Crippen LogP contribution in [-0.2, 0) is 18.8 Å². The molecule has 3 aromatic rings. The van der Waals surface area contributed by atoms with Gasteiger partial charge < -0.3 is 4.98 Å². The smallest absolute Gasteiger partial charge is 0.354 e. The van der Waals surface area contributed by atoms with Crippen molar-refractivity contribution in [3.63, 3.8) is 0 Å². The van der Waals surface area contributed by atoms with Crippen LogP contribution < -0.4 is 0 Å². The van der Waals surface area contributed by atoms with Crippen LogP contribution >= 0.6 is 0 Å². The van der Waals surface area contributed by atoms with Crippen molar-refractivity contribution in [3.8, 4) is 11.3 Å². The second-order valence-corrected chi connectivity index (χ2v) is 9.69. The van der Waals surface area contributed by atoms with Gasteiger partial charge in [-0.05, 0) is 68.5 Å². The zero-order valence-corrected chi connectivity index (χ0v) is 19.9. The lowest BCUT2D eigenvalue weighted by Gasteiger charge is -2.37. The van der Waals surface area contributed by atoms with Crippen LogP contribution in [0.5, 0.6) is 0 Å². The molecule has 1 N–H and O–H groups in total. The van der Waals surface area contributed by atoms with E-state index < -0.39 is 23.5 Å². The van der Waals surface area contributed by atoms with Gasteiger partial charge in [-0.2, -0.15) is 26.3 Å². The van der Waals surface area contributed by atoms with Crippen LogP contribution in [0.2, 0.25) is 0 Å². The van der Waals surface area contributed by atoms with Crippen molar-refractivity contribution < 1.29 is 26.3 Å². The summed E-state index contributed by atoms with van der Waals surface area (Å²) < 4.78 is 81.1. The van der Waals surface area contributed by atoms with E-state index in [-0.39, 0.29) is 17.7 Å². The van der Waals surface area contributed by atoms with Crippen molar-refractivity contribution in [1.82, 2.24) is 9.88 Å². The number of hydrogen-bond acceptors (Lipinski definition) is 1. The Kier molecular flexibility index (Phi) is 7.23. The van der Waals surface area contributed by atoms with Gasteiger partial charge >= 0.3 is 12.4 Å². The molecule has 1 aliphatic carbocycles. The molecule has 1 aromatic heterocycles. The maximum absolute atomic E-state index is 13.5. The second-order valence-electron chi connectivity index (χ2n) is 9.69. The normalized spacial score (nSPS) is 16.1. The zero-order chi connectivity index (χ0) is 25.4. The van der Waals surface area contributed by atoms with Crippen LogP contribution in [0.3, 0.4) is 0 Å². The van der Waals surface area contributed by atoms with Gasteiger partial charge in [0.1, 0.15) is 0 Å². The van der Waals surface area contributed by atoms with Crippen molar-refractivity contribution in [2.24, 2.45) is 0 Å². The molecule has 1 heterocycles. The van der Waals surface area contributed by atoms with E-state index in [1.807, 2.05) is 12.1 Å². The number of benzene rings is 2. The van der Waals surface area contributed by atoms with Gasteiger partial charge in [-0.15, -0.1) is 0 Å². The van der Waals surface area contributed by atoms with E-state index >= 15 is 0 Å². The second kappa shape index (κ2) is 9.88.